The summed E-state index contributed by atoms with van der Waals surface area (Å²) < 4.78 is 5.25. The number of carbonyl (C=O) groups is 1. The first-order valence-electron chi connectivity index (χ1n) is 9.09. The first-order valence-corrected chi connectivity index (χ1v) is 9.09. The van der Waals surface area contributed by atoms with Gasteiger partial charge in [0.25, 0.3) is 5.91 Å². The lowest BCUT2D eigenvalue weighted by atomic mass is 9.93. The second-order valence-corrected chi connectivity index (χ2v) is 6.87. The van der Waals surface area contributed by atoms with Crippen molar-refractivity contribution >= 4 is 5.91 Å². The van der Waals surface area contributed by atoms with Gasteiger partial charge < -0.3 is 9.42 Å². The highest BCUT2D eigenvalue weighted by Gasteiger charge is 2.27. The van der Waals surface area contributed by atoms with Gasteiger partial charge in [0.15, 0.2) is 5.69 Å². The summed E-state index contributed by atoms with van der Waals surface area (Å²) in [5.74, 6) is 0.943. The Kier molecular flexibility index (Phi) is 4.66. The van der Waals surface area contributed by atoms with E-state index < -0.39 is 0 Å². The number of pyridine rings is 1. The molecule has 1 atom stereocenters. The molecule has 4 heterocycles. The first kappa shape index (κ1) is 17.3. The average Bonchev–Trinajstić information content (AvgIpc) is 3.06. The third-order valence-electron chi connectivity index (χ3n) is 5.03. The minimum absolute atomic E-state index is 0.0693. The van der Waals surface area contributed by atoms with E-state index in [2.05, 4.69) is 26.4 Å². The molecule has 1 saturated heterocycles. The fourth-order valence-electron chi connectivity index (χ4n) is 3.67. The minimum atomic E-state index is -0.0693. The van der Waals surface area contributed by atoms with E-state index in [9.17, 15) is 4.79 Å². The highest BCUT2D eigenvalue weighted by Crippen LogP contribution is 2.30. The van der Waals surface area contributed by atoms with Gasteiger partial charge in [-0.25, -0.2) is 0 Å². The van der Waals surface area contributed by atoms with Crippen LogP contribution < -0.4 is 0 Å². The smallest absolute Gasteiger partial charge is 0.274 e. The van der Waals surface area contributed by atoms with Gasteiger partial charge in [-0.1, -0.05) is 11.2 Å². The SMILES string of the molecule is Cc1noc(C)c1-c1ccc(C2CCCN(C(=O)c3cccnn3)C2)nc1. The molecule has 0 aliphatic carbocycles. The average molecular weight is 363 g/mol. The van der Waals surface area contributed by atoms with E-state index in [0.29, 0.717) is 12.2 Å². The van der Waals surface area contributed by atoms with Gasteiger partial charge >= 0.3 is 0 Å². The fraction of sp³-hybridized carbons (Fsp3) is 0.350. The lowest BCUT2D eigenvalue weighted by Gasteiger charge is -2.32. The van der Waals surface area contributed by atoms with E-state index >= 15 is 0 Å². The third kappa shape index (κ3) is 3.45. The molecule has 0 bridgehead atoms. The van der Waals surface area contributed by atoms with Crippen LogP contribution in [0.3, 0.4) is 0 Å². The largest absolute Gasteiger partial charge is 0.361 e. The molecule has 3 aromatic rings. The standard InChI is InChI=1S/C20H21N5O2/c1-13-19(14(2)27-24-13)15-7-8-17(21-11-15)16-5-4-10-25(12-16)20(26)18-6-3-9-22-23-18/h3,6-9,11,16H,4-5,10,12H2,1-2H3. The number of likely N-dealkylation sites (tertiary alicyclic amines) is 1. The van der Waals surface area contributed by atoms with Crippen LogP contribution in [-0.4, -0.2) is 44.2 Å². The van der Waals surface area contributed by atoms with E-state index in [1.54, 1.807) is 18.3 Å². The van der Waals surface area contributed by atoms with Crippen LogP contribution in [-0.2, 0) is 0 Å². The van der Waals surface area contributed by atoms with Crippen molar-refractivity contribution < 1.29 is 9.32 Å². The number of piperidine rings is 1. The van der Waals surface area contributed by atoms with Crippen LogP contribution in [0.2, 0.25) is 0 Å². The summed E-state index contributed by atoms with van der Waals surface area (Å²) >= 11 is 0. The highest BCUT2D eigenvalue weighted by molar-refractivity contribution is 5.92. The Morgan fingerprint density at radius 3 is 2.81 bits per heavy atom. The third-order valence-corrected chi connectivity index (χ3v) is 5.03. The van der Waals surface area contributed by atoms with Crippen LogP contribution in [0.15, 0.2) is 41.2 Å². The van der Waals surface area contributed by atoms with Gasteiger partial charge in [-0.05, 0) is 44.9 Å². The van der Waals surface area contributed by atoms with Gasteiger partial charge in [-0.2, -0.15) is 5.10 Å². The molecular formula is C20H21N5O2. The summed E-state index contributed by atoms with van der Waals surface area (Å²) in [5, 5.41) is 11.7. The van der Waals surface area contributed by atoms with Crippen LogP contribution in [0.5, 0.6) is 0 Å². The van der Waals surface area contributed by atoms with Crippen molar-refractivity contribution in [3.63, 3.8) is 0 Å². The Balaban J connectivity index is 1.51. The number of carbonyl (C=O) groups excluding carboxylic acids is 1. The zero-order valence-corrected chi connectivity index (χ0v) is 15.4. The quantitative estimate of drug-likeness (QED) is 0.710. The Labute approximate surface area is 157 Å². The number of rotatable bonds is 3. The summed E-state index contributed by atoms with van der Waals surface area (Å²) in [4.78, 5) is 19.2. The fourth-order valence-corrected chi connectivity index (χ4v) is 3.67. The molecule has 7 nitrogen and oxygen atoms in total. The lowest BCUT2D eigenvalue weighted by molar-refractivity contribution is 0.0698. The van der Waals surface area contributed by atoms with Gasteiger partial charge in [-0.3, -0.25) is 9.78 Å². The van der Waals surface area contributed by atoms with Crippen molar-refractivity contribution in [1.82, 2.24) is 25.2 Å². The predicted molar refractivity (Wildman–Crippen MR) is 99.1 cm³/mol. The van der Waals surface area contributed by atoms with Crippen LogP contribution in [0.4, 0.5) is 0 Å². The van der Waals surface area contributed by atoms with E-state index in [1.807, 2.05) is 31.0 Å². The number of hydrogen-bond acceptors (Lipinski definition) is 6. The van der Waals surface area contributed by atoms with Crippen molar-refractivity contribution in [2.45, 2.75) is 32.6 Å². The number of nitrogens with zero attached hydrogens (tertiary/aromatic N) is 5. The van der Waals surface area contributed by atoms with E-state index in [0.717, 1.165) is 47.7 Å². The molecule has 27 heavy (non-hydrogen) atoms. The molecule has 0 aromatic carbocycles. The zero-order chi connectivity index (χ0) is 18.8. The Hall–Kier alpha value is -3.09. The van der Waals surface area contributed by atoms with Gasteiger partial charge in [-0.15, -0.1) is 5.10 Å². The molecule has 7 heteroatoms. The predicted octanol–water partition coefficient (Wildman–Crippen LogP) is 3.16. The molecular weight excluding hydrogens is 342 g/mol. The summed E-state index contributed by atoms with van der Waals surface area (Å²) in [6, 6.07) is 7.53. The lowest BCUT2D eigenvalue weighted by Crippen LogP contribution is -2.39. The summed E-state index contributed by atoms with van der Waals surface area (Å²) in [6.07, 6.45) is 5.40. The second-order valence-electron chi connectivity index (χ2n) is 6.87. The van der Waals surface area contributed by atoms with E-state index in [1.165, 1.54) is 0 Å². The van der Waals surface area contributed by atoms with Gasteiger partial charge in [0.2, 0.25) is 0 Å². The summed E-state index contributed by atoms with van der Waals surface area (Å²) in [7, 11) is 0. The summed E-state index contributed by atoms with van der Waals surface area (Å²) in [5.41, 5.74) is 4.25. The van der Waals surface area contributed by atoms with Crippen molar-refractivity contribution in [3.8, 4) is 11.1 Å². The Morgan fingerprint density at radius 2 is 2.15 bits per heavy atom. The van der Waals surface area contributed by atoms with Crippen LogP contribution in [0.25, 0.3) is 11.1 Å². The Bertz CT molecular complexity index is 917. The molecule has 0 spiro atoms. The molecule has 0 saturated carbocycles. The summed E-state index contributed by atoms with van der Waals surface area (Å²) in [6.45, 7) is 5.22. The second kappa shape index (κ2) is 7.26. The molecule has 0 radical (unpaired) electrons. The topological polar surface area (TPSA) is 85.0 Å². The minimum Gasteiger partial charge on any atom is -0.361 e. The molecule has 1 amide bonds. The molecule has 1 unspecified atom stereocenters. The molecule has 1 aliphatic heterocycles. The van der Waals surface area contributed by atoms with Crippen LogP contribution in [0, 0.1) is 13.8 Å². The first-order chi connectivity index (χ1) is 13.1. The van der Waals surface area contributed by atoms with E-state index in [-0.39, 0.29) is 11.8 Å². The van der Waals surface area contributed by atoms with Crippen molar-refractivity contribution in [2.75, 3.05) is 13.1 Å². The monoisotopic (exact) mass is 363 g/mol. The molecule has 138 valence electrons. The molecule has 3 aromatic heterocycles. The number of hydrogen-bond donors (Lipinski definition) is 0. The van der Waals surface area contributed by atoms with Gasteiger partial charge in [0, 0.05) is 48.2 Å². The van der Waals surface area contributed by atoms with Crippen LogP contribution in [0.1, 0.15) is 46.4 Å². The van der Waals surface area contributed by atoms with Crippen LogP contribution >= 0.6 is 0 Å². The molecule has 4 rings (SSSR count). The zero-order valence-electron chi connectivity index (χ0n) is 15.4. The molecule has 1 aliphatic rings. The van der Waals surface area contributed by atoms with Crippen molar-refractivity contribution in [3.05, 3.63) is 59.5 Å². The normalized spacial score (nSPS) is 17.1. The molecule has 1 fully saturated rings. The van der Waals surface area contributed by atoms with Crippen molar-refractivity contribution in [1.29, 1.82) is 0 Å². The maximum atomic E-state index is 12.6. The highest BCUT2D eigenvalue weighted by atomic mass is 16.5. The maximum absolute atomic E-state index is 12.6. The molecule has 0 N–H and O–H groups in total. The number of amides is 1. The van der Waals surface area contributed by atoms with Gasteiger partial charge in [0.05, 0.1) is 5.69 Å². The Morgan fingerprint density at radius 1 is 1.26 bits per heavy atom. The van der Waals surface area contributed by atoms with Crippen molar-refractivity contribution in [2.24, 2.45) is 0 Å². The maximum Gasteiger partial charge on any atom is 0.274 e. The van der Waals surface area contributed by atoms with Gasteiger partial charge in [0.1, 0.15) is 5.76 Å². The van der Waals surface area contributed by atoms with E-state index in [4.69, 9.17) is 4.52 Å². The number of aromatic nitrogens is 4. The number of aryl methyl sites for hydroxylation is 2.